The summed E-state index contributed by atoms with van der Waals surface area (Å²) in [6.07, 6.45) is -5.53. The van der Waals surface area contributed by atoms with Gasteiger partial charge in [-0.2, -0.15) is 0 Å². The van der Waals surface area contributed by atoms with Crippen LogP contribution in [0.5, 0.6) is 11.5 Å². The molecular weight excluding hydrogens is 402 g/mol. The first-order valence-electron chi connectivity index (χ1n) is 8.71. The SMILES string of the molecule is C[C@@H]1O[C@@H](Oc2ccccc2)[C@@H](O)[C@H](OC(=S)Oc2ccc([N+](=O)[O-])cc2)[C@@H]1O. The minimum absolute atomic E-state index is 0.103. The number of nitrogens with zero attached hydrogens (tertiary/aromatic N) is 1. The van der Waals surface area contributed by atoms with Gasteiger partial charge in [0.2, 0.25) is 6.29 Å². The van der Waals surface area contributed by atoms with Gasteiger partial charge < -0.3 is 29.2 Å². The van der Waals surface area contributed by atoms with Crippen molar-refractivity contribution in [3.63, 3.8) is 0 Å². The van der Waals surface area contributed by atoms with E-state index in [1.165, 1.54) is 24.3 Å². The van der Waals surface area contributed by atoms with Crippen LogP contribution in [0.25, 0.3) is 0 Å². The number of hydrogen-bond donors (Lipinski definition) is 2. The predicted octanol–water partition coefficient (Wildman–Crippen LogP) is 2.19. The smallest absolute Gasteiger partial charge is 0.358 e. The van der Waals surface area contributed by atoms with E-state index in [1.54, 1.807) is 31.2 Å². The maximum absolute atomic E-state index is 10.7. The molecule has 10 heteroatoms. The first-order chi connectivity index (χ1) is 13.8. The van der Waals surface area contributed by atoms with Crippen molar-refractivity contribution in [3.8, 4) is 11.5 Å². The highest BCUT2D eigenvalue weighted by atomic mass is 32.1. The maximum atomic E-state index is 10.7. The molecule has 2 aromatic rings. The number of hydrogen-bond acceptors (Lipinski definition) is 9. The van der Waals surface area contributed by atoms with Crippen LogP contribution in [0.3, 0.4) is 0 Å². The predicted molar refractivity (Wildman–Crippen MR) is 105 cm³/mol. The number of nitro benzene ring substituents is 1. The molecule has 1 fully saturated rings. The summed E-state index contributed by atoms with van der Waals surface area (Å²) in [5, 5.41) is 31.2. The summed E-state index contributed by atoms with van der Waals surface area (Å²) in [5.74, 6) is 0.686. The summed E-state index contributed by atoms with van der Waals surface area (Å²) in [5.41, 5.74) is -0.103. The molecule has 154 valence electrons. The Morgan fingerprint density at radius 1 is 1.07 bits per heavy atom. The van der Waals surface area contributed by atoms with Gasteiger partial charge in [-0.05, 0) is 31.2 Å². The fraction of sp³-hybridized carbons (Fsp3) is 0.316. The van der Waals surface area contributed by atoms with Crippen molar-refractivity contribution in [2.75, 3.05) is 0 Å². The molecule has 0 spiro atoms. The van der Waals surface area contributed by atoms with Gasteiger partial charge in [0.25, 0.3) is 5.69 Å². The molecule has 0 aliphatic carbocycles. The average Bonchev–Trinajstić information content (AvgIpc) is 2.70. The molecule has 1 aliphatic rings. The molecule has 29 heavy (non-hydrogen) atoms. The van der Waals surface area contributed by atoms with Gasteiger partial charge in [-0.15, -0.1) is 0 Å². The highest BCUT2D eigenvalue weighted by molar-refractivity contribution is 7.79. The molecule has 2 aromatic carbocycles. The van der Waals surface area contributed by atoms with Gasteiger partial charge in [0.05, 0.1) is 11.0 Å². The topological polar surface area (TPSA) is 121 Å². The molecule has 0 aromatic heterocycles. The fourth-order valence-electron chi connectivity index (χ4n) is 2.73. The Hall–Kier alpha value is -2.79. The highest BCUT2D eigenvalue weighted by Crippen LogP contribution is 2.27. The third-order valence-corrected chi connectivity index (χ3v) is 4.44. The molecule has 9 nitrogen and oxygen atoms in total. The molecule has 0 bridgehead atoms. The van der Waals surface area contributed by atoms with Crippen LogP contribution in [0, 0.1) is 10.1 Å². The molecule has 0 unspecified atom stereocenters. The number of benzene rings is 2. The Labute approximate surface area is 171 Å². The molecule has 1 saturated heterocycles. The number of non-ortho nitro benzene ring substituents is 1. The minimum Gasteiger partial charge on any atom is -0.462 e. The van der Waals surface area contributed by atoms with Crippen LogP contribution in [-0.4, -0.2) is 51.1 Å². The summed E-state index contributed by atoms with van der Waals surface area (Å²) in [4.78, 5) is 10.2. The molecule has 3 rings (SSSR count). The maximum Gasteiger partial charge on any atom is 0.358 e. The van der Waals surface area contributed by atoms with Crippen molar-refractivity contribution < 1.29 is 34.1 Å². The molecule has 0 amide bonds. The van der Waals surface area contributed by atoms with Crippen LogP contribution in [-0.2, 0) is 9.47 Å². The lowest BCUT2D eigenvalue weighted by Gasteiger charge is -2.40. The second kappa shape index (κ2) is 9.14. The highest BCUT2D eigenvalue weighted by Gasteiger charge is 2.46. The first-order valence-corrected chi connectivity index (χ1v) is 9.12. The Morgan fingerprint density at radius 2 is 1.72 bits per heavy atom. The number of rotatable bonds is 5. The molecule has 0 saturated carbocycles. The number of aliphatic hydroxyl groups excluding tert-OH is 2. The van der Waals surface area contributed by atoms with E-state index in [0.717, 1.165) is 0 Å². The Bertz CT molecular complexity index is 847. The Balaban J connectivity index is 1.65. The number of thiocarbonyl (C=S) groups is 1. The molecule has 5 atom stereocenters. The minimum atomic E-state index is -1.36. The second-order valence-electron chi connectivity index (χ2n) is 6.31. The first kappa shape index (κ1) is 20.9. The van der Waals surface area contributed by atoms with Crippen LogP contribution in [0.2, 0.25) is 0 Å². The molecule has 1 heterocycles. The summed E-state index contributed by atoms with van der Waals surface area (Å²) in [7, 11) is 0. The average molecular weight is 421 g/mol. The standard InChI is InChI=1S/C19H19NO8S/c1-11-15(21)17(16(22)18(25-11)26-13-5-3-2-4-6-13)28-19(29)27-14-9-7-12(8-10-14)20(23)24/h2-11,15-18,21-22H,1H3/t11-,15+,16-,17+,18-/m0/s1. The zero-order valence-corrected chi connectivity index (χ0v) is 16.1. The van der Waals surface area contributed by atoms with E-state index in [0.29, 0.717) is 5.75 Å². The summed E-state index contributed by atoms with van der Waals surface area (Å²) < 4.78 is 21.9. The summed E-state index contributed by atoms with van der Waals surface area (Å²) in [6, 6.07) is 14.0. The van der Waals surface area contributed by atoms with Crippen molar-refractivity contribution in [1.82, 2.24) is 0 Å². The van der Waals surface area contributed by atoms with E-state index in [2.05, 4.69) is 0 Å². The zero-order chi connectivity index (χ0) is 21.0. The number of nitro groups is 1. The number of para-hydroxylation sites is 1. The van der Waals surface area contributed by atoms with Crippen LogP contribution in [0.1, 0.15) is 6.92 Å². The second-order valence-corrected chi connectivity index (χ2v) is 6.64. The van der Waals surface area contributed by atoms with Gasteiger partial charge in [-0.3, -0.25) is 10.1 Å². The van der Waals surface area contributed by atoms with E-state index in [4.69, 9.17) is 31.2 Å². The van der Waals surface area contributed by atoms with Gasteiger partial charge in [-0.25, -0.2) is 0 Å². The van der Waals surface area contributed by atoms with Crippen molar-refractivity contribution in [1.29, 1.82) is 0 Å². The van der Waals surface area contributed by atoms with Gasteiger partial charge in [0.1, 0.15) is 17.6 Å². The Kier molecular flexibility index (Phi) is 6.60. The van der Waals surface area contributed by atoms with Crippen LogP contribution in [0.4, 0.5) is 5.69 Å². The van der Waals surface area contributed by atoms with E-state index >= 15 is 0 Å². The van der Waals surface area contributed by atoms with Gasteiger partial charge in [0, 0.05) is 24.4 Å². The lowest BCUT2D eigenvalue weighted by molar-refractivity contribution is -0.384. The lowest BCUT2D eigenvalue weighted by Crippen LogP contribution is -2.59. The molecular formula is C19H19NO8S. The third kappa shape index (κ3) is 5.18. The monoisotopic (exact) mass is 421 g/mol. The van der Waals surface area contributed by atoms with Crippen molar-refractivity contribution in [2.24, 2.45) is 0 Å². The Morgan fingerprint density at radius 3 is 2.34 bits per heavy atom. The van der Waals surface area contributed by atoms with E-state index in [9.17, 15) is 20.3 Å². The van der Waals surface area contributed by atoms with Crippen molar-refractivity contribution >= 4 is 23.1 Å². The normalized spacial score (nSPS) is 26.4. The van der Waals surface area contributed by atoms with E-state index < -0.39 is 35.6 Å². The zero-order valence-electron chi connectivity index (χ0n) is 15.3. The fourth-order valence-corrected chi connectivity index (χ4v) is 2.94. The number of ether oxygens (including phenoxy) is 4. The van der Waals surface area contributed by atoms with Gasteiger partial charge in [0.15, 0.2) is 12.2 Å². The van der Waals surface area contributed by atoms with Crippen LogP contribution in [0.15, 0.2) is 54.6 Å². The third-order valence-electron chi connectivity index (χ3n) is 4.26. The molecule has 1 aliphatic heterocycles. The van der Waals surface area contributed by atoms with E-state index in [1.807, 2.05) is 6.07 Å². The van der Waals surface area contributed by atoms with Gasteiger partial charge >= 0.3 is 5.24 Å². The number of aliphatic hydroxyl groups is 2. The van der Waals surface area contributed by atoms with E-state index in [-0.39, 0.29) is 16.7 Å². The van der Waals surface area contributed by atoms with Crippen molar-refractivity contribution in [2.45, 2.75) is 37.6 Å². The van der Waals surface area contributed by atoms with Crippen LogP contribution < -0.4 is 9.47 Å². The van der Waals surface area contributed by atoms with Gasteiger partial charge in [-0.1, -0.05) is 18.2 Å². The van der Waals surface area contributed by atoms with Crippen molar-refractivity contribution in [3.05, 3.63) is 64.7 Å². The molecule has 2 N–H and O–H groups in total. The summed E-state index contributed by atoms with van der Waals surface area (Å²) in [6.45, 7) is 1.61. The lowest BCUT2D eigenvalue weighted by atomic mass is 10.00. The summed E-state index contributed by atoms with van der Waals surface area (Å²) >= 11 is 5.03. The van der Waals surface area contributed by atoms with Crippen LogP contribution >= 0.6 is 12.2 Å². The quantitative estimate of drug-likeness (QED) is 0.425. The molecule has 0 radical (unpaired) electrons. The largest absolute Gasteiger partial charge is 0.462 e.